The van der Waals surface area contributed by atoms with Crippen LogP contribution in [-0.2, 0) is 0 Å². The van der Waals surface area contributed by atoms with Gasteiger partial charge in [0.1, 0.15) is 17.2 Å². The Morgan fingerprint density at radius 1 is 0.468 bits per heavy atom. The molecule has 13 heteroatoms. The fourth-order valence-corrected chi connectivity index (χ4v) is 11.1. The first-order valence-electron chi connectivity index (χ1n) is 28.2. The van der Waals surface area contributed by atoms with Crippen LogP contribution in [0.1, 0.15) is 191 Å². The molecule has 5 aliphatic rings. The lowest BCUT2D eigenvalue weighted by molar-refractivity contribution is 0.0612. The van der Waals surface area contributed by atoms with Crippen LogP contribution >= 0.6 is 0 Å². The van der Waals surface area contributed by atoms with Crippen molar-refractivity contribution >= 4 is 29.4 Å². The number of imide groups is 2. The first kappa shape index (κ1) is 56.5. The molecule has 5 aromatic rings. The Balaban J connectivity index is 0.000000157. The molecule has 2 atom stereocenters. The molecule has 2 heterocycles. The number of nitrogens with two attached hydrogens (primary N) is 1. The molecule has 0 saturated heterocycles. The number of carbonyl (C=O) groups is 5. The predicted octanol–water partition coefficient (Wildman–Crippen LogP) is 11.9. The van der Waals surface area contributed by atoms with Gasteiger partial charge >= 0.3 is 0 Å². The number of ketones is 1. The van der Waals surface area contributed by atoms with Crippen molar-refractivity contribution in [2.45, 2.75) is 128 Å². The Kier molecular flexibility index (Phi) is 21.0. The highest BCUT2D eigenvalue weighted by molar-refractivity contribution is 6.22. The average Bonchev–Trinajstić information content (AvgIpc) is 3.92. The molecule has 3 aliphatic carbocycles. The maximum absolute atomic E-state index is 12.6. The topological polar surface area (TPSA) is 186 Å². The van der Waals surface area contributed by atoms with Gasteiger partial charge in [-0.3, -0.25) is 33.8 Å². The number of rotatable bonds is 20. The summed E-state index contributed by atoms with van der Waals surface area (Å²) < 4.78 is 17.8. The van der Waals surface area contributed by atoms with E-state index in [-0.39, 0.29) is 55.3 Å². The van der Waals surface area contributed by atoms with E-state index in [1.54, 1.807) is 60.7 Å². The van der Waals surface area contributed by atoms with Crippen LogP contribution in [0.5, 0.6) is 17.2 Å². The van der Waals surface area contributed by atoms with Crippen LogP contribution < -0.4 is 19.9 Å². The number of hydrogen-bond donors (Lipinski definition) is 3. The molecule has 4 amide bonds. The van der Waals surface area contributed by atoms with Crippen LogP contribution in [0.3, 0.4) is 0 Å². The lowest BCUT2D eigenvalue weighted by Crippen LogP contribution is -2.31. The van der Waals surface area contributed by atoms with Gasteiger partial charge in [0.05, 0.1) is 54.3 Å². The van der Waals surface area contributed by atoms with Gasteiger partial charge in [0.25, 0.3) is 23.6 Å². The van der Waals surface area contributed by atoms with Gasteiger partial charge in [0.15, 0.2) is 5.78 Å². The Bertz CT molecular complexity index is 2690. The SMILES string of the molecule is NCCC(O)c1cccc(OCC2CCCCC2)c1.O=C(CCN1C(=O)c2ccccc2C1=O)c1cccc(OCC2CCCCC2)c1.O=C1c2ccccc2C(=O)N1CCC(O)c1cccc(OCC2CCCCC2)c1. The summed E-state index contributed by atoms with van der Waals surface area (Å²) in [4.78, 5) is 64.8. The van der Waals surface area contributed by atoms with Crippen molar-refractivity contribution in [3.8, 4) is 17.2 Å². The van der Waals surface area contributed by atoms with Crippen molar-refractivity contribution in [2.24, 2.45) is 23.5 Å². The zero-order chi connectivity index (χ0) is 53.9. The number of nitrogens with zero attached hydrogens (tertiary/aromatic N) is 2. The molecule has 408 valence electrons. The van der Waals surface area contributed by atoms with E-state index in [0.717, 1.165) is 34.1 Å². The van der Waals surface area contributed by atoms with Crippen molar-refractivity contribution in [3.05, 3.63) is 160 Å². The van der Waals surface area contributed by atoms with Crippen molar-refractivity contribution in [1.29, 1.82) is 0 Å². The molecule has 5 aromatic carbocycles. The first-order chi connectivity index (χ1) is 37.6. The van der Waals surface area contributed by atoms with Gasteiger partial charge in [-0.1, -0.05) is 118 Å². The van der Waals surface area contributed by atoms with Crippen LogP contribution in [0, 0.1) is 17.8 Å². The van der Waals surface area contributed by atoms with E-state index in [4.69, 9.17) is 19.9 Å². The van der Waals surface area contributed by atoms with Crippen molar-refractivity contribution in [3.63, 3.8) is 0 Å². The number of Topliss-reactive ketones (excluding diaryl/α,β-unsaturated/α-hetero) is 1. The molecular weight excluding hydrogens is 971 g/mol. The predicted molar refractivity (Wildman–Crippen MR) is 296 cm³/mol. The van der Waals surface area contributed by atoms with Gasteiger partial charge < -0.3 is 30.2 Å². The molecule has 13 nitrogen and oxygen atoms in total. The number of aliphatic hydroxyl groups excluding tert-OH is 2. The number of aliphatic hydroxyl groups is 2. The maximum atomic E-state index is 12.6. The molecule has 2 unspecified atom stereocenters. The Hall–Kier alpha value is -6.67. The van der Waals surface area contributed by atoms with E-state index in [2.05, 4.69) is 0 Å². The standard InChI is InChI=1S/C24H27NO4.C24H25NO4.C16H25NO2/c2*26-22(13-14-25-23(27)20-11-4-5-12-21(20)24(25)28)18-9-6-10-19(15-18)29-16-17-7-2-1-3-8-17;17-10-9-16(18)14-7-4-8-15(11-14)19-12-13-5-2-1-3-6-13/h4-6,9-12,15,17,22,26H,1-3,7-8,13-14,16H2;4-6,9-12,15,17H,1-3,7-8,13-14,16H2;4,7-8,11,13,16,18H,1-3,5-6,9-10,12,17H2. The highest BCUT2D eigenvalue weighted by atomic mass is 16.5. The summed E-state index contributed by atoms with van der Waals surface area (Å²) >= 11 is 0. The van der Waals surface area contributed by atoms with Crippen LogP contribution in [-0.4, -0.2) is 88.9 Å². The minimum Gasteiger partial charge on any atom is -0.493 e. The second kappa shape index (κ2) is 28.6. The Morgan fingerprint density at radius 3 is 1.23 bits per heavy atom. The van der Waals surface area contributed by atoms with Gasteiger partial charge in [0, 0.05) is 25.1 Å². The molecule has 77 heavy (non-hydrogen) atoms. The second-order valence-corrected chi connectivity index (χ2v) is 21.3. The Labute approximate surface area is 454 Å². The molecular formula is C64H77N3O10. The average molecular weight is 1050 g/mol. The van der Waals surface area contributed by atoms with Gasteiger partial charge in [-0.25, -0.2) is 0 Å². The molecule has 0 radical (unpaired) electrons. The van der Waals surface area contributed by atoms with Gasteiger partial charge in [0.2, 0.25) is 0 Å². The molecule has 3 fully saturated rings. The highest BCUT2D eigenvalue weighted by Crippen LogP contribution is 2.31. The molecule has 10 rings (SSSR count). The molecule has 0 spiro atoms. The summed E-state index contributed by atoms with van der Waals surface area (Å²) in [5.74, 6) is 2.88. The number of ether oxygens (including phenoxy) is 3. The third-order valence-electron chi connectivity index (χ3n) is 15.7. The number of carbonyl (C=O) groups excluding carboxylic acids is 5. The third-order valence-corrected chi connectivity index (χ3v) is 15.7. The molecule has 4 N–H and O–H groups in total. The summed E-state index contributed by atoms with van der Waals surface area (Å²) in [6.45, 7) is 2.96. The number of amides is 4. The van der Waals surface area contributed by atoms with Crippen molar-refractivity contribution < 1.29 is 48.4 Å². The van der Waals surface area contributed by atoms with Crippen LogP contribution in [0.15, 0.2) is 121 Å². The normalized spacial score (nSPS) is 17.6. The lowest BCUT2D eigenvalue weighted by atomic mass is 9.90. The molecule has 0 aromatic heterocycles. The zero-order valence-corrected chi connectivity index (χ0v) is 44.5. The monoisotopic (exact) mass is 1050 g/mol. The van der Waals surface area contributed by atoms with Gasteiger partial charge in [-0.15, -0.1) is 0 Å². The Morgan fingerprint density at radius 2 is 0.831 bits per heavy atom. The summed E-state index contributed by atoms with van der Waals surface area (Å²) in [7, 11) is 0. The van der Waals surface area contributed by atoms with Crippen LogP contribution in [0.2, 0.25) is 0 Å². The van der Waals surface area contributed by atoms with Gasteiger partial charge in [-0.05, 0) is 147 Å². The number of hydrogen-bond acceptors (Lipinski definition) is 11. The number of benzene rings is 5. The smallest absolute Gasteiger partial charge is 0.261 e. The maximum Gasteiger partial charge on any atom is 0.261 e. The van der Waals surface area contributed by atoms with Crippen molar-refractivity contribution in [1.82, 2.24) is 9.80 Å². The summed E-state index contributed by atoms with van der Waals surface area (Å²) in [5, 5.41) is 20.5. The fourth-order valence-electron chi connectivity index (χ4n) is 11.1. The van der Waals surface area contributed by atoms with Crippen LogP contribution in [0.4, 0.5) is 0 Å². The zero-order valence-electron chi connectivity index (χ0n) is 44.5. The summed E-state index contributed by atoms with van der Waals surface area (Å²) in [6.07, 6.45) is 18.9. The highest BCUT2D eigenvalue weighted by Gasteiger charge is 2.36. The molecule has 0 bridgehead atoms. The van der Waals surface area contributed by atoms with Crippen molar-refractivity contribution in [2.75, 3.05) is 39.5 Å². The third kappa shape index (κ3) is 15.7. The van der Waals surface area contributed by atoms with E-state index in [1.807, 2.05) is 60.7 Å². The minimum atomic E-state index is -0.766. The number of fused-ring (bicyclic) bond motifs is 2. The van der Waals surface area contributed by atoms with E-state index in [9.17, 15) is 34.2 Å². The largest absolute Gasteiger partial charge is 0.493 e. The minimum absolute atomic E-state index is 0.0817. The second-order valence-electron chi connectivity index (χ2n) is 21.3. The van der Waals surface area contributed by atoms with E-state index in [0.29, 0.717) is 77.5 Å². The van der Waals surface area contributed by atoms with E-state index < -0.39 is 12.2 Å². The van der Waals surface area contributed by atoms with Gasteiger partial charge in [-0.2, -0.15) is 0 Å². The summed E-state index contributed by atoms with van der Waals surface area (Å²) in [5.41, 5.74) is 9.33. The quantitative estimate of drug-likeness (QED) is 0.0497. The van der Waals surface area contributed by atoms with E-state index in [1.165, 1.54) is 101 Å². The van der Waals surface area contributed by atoms with Crippen LogP contribution in [0.25, 0.3) is 0 Å². The first-order valence-corrected chi connectivity index (χ1v) is 28.2. The fraction of sp³-hybridized carbons (Fsp3) is 0.453. The molecule has 3 saturated carbocycles. The molecule has 2 aliphatic heterocycles. The lowest BCUT2D eigenvalue weighted by Gasteiger charge is -2.22. The van der Waals surface area contributed by atoms with E-state index >= 15 is 0 Å². The summed E-state index contributed by atoms with van der Waals surface area (Å²) in [6, 6.07) is 36.0.